The fourth-order valence-electron chi connectivity index (χ4n) is 3.42. The number of terminal acetylenes is 1. The van der Waals surface area contributed by atoms with Crippen LogP contribution in [-0.4, -0.2) is 41.2 Å². The Balaban J connectivity index is 1.76. The van der Waals surface area contributed by atoms with Crippen LogP contribution in [0, 0.1) is 30.1 Å². The molecule has 6 heteroatoms. The van der Waals surface area contributed by atoms with Crippen LogP contribution in [0.15, 0.2) is 0 Å². The molecule has 0 aliphatic heterocycles. The summed E-state index contributed by atoms with van der Waals surface area (Å²) in [4.78, 5) is 23.1. The summed E-state index contributed by atoms with van der Waals surface area (Å²) in [5.74, 6) is 3.26. The third-order valence-corrected chi connectivity index (χ3v) is 5.08. The van der Waals surface area contributed by atoms with E-state index in [2.05, 4.69) is 16.6 Å². The predicted octanol–water partition coefficient (Wildman–Crippen LogP) is 1.15. The molecule has 5 nitrogen and oxygen atoms in total. The molecular weight excluding hydrogens is 276 g/mol. The molecule has 2 aliphatic rings. The van der Waals surface area contributed by atoms with E-state index in [1.807, 2.05) is 0 Å². The summed E-state index contributed by atoms with van der Waals surface area (Å²) in [6, 6.07) is -0.486. The number of fused-ring (bicyclic) bond motifs is 2. The number of carboxylic acids is 1. The third-order valence-electron chi connectivity index (χ3n) is 4.22. The number of thioether (sulfide) groups is 1. The summed E-state index contributed by atoms with van der Waals surface area (Å²) in [7, 11) is 0. The molecule has 0 spiro atoms. The Morgan fingerprint density at radius 3 is 2.80 bits per heavy atom. The number of carbonyl (C=O) groups excluding carboxylic acids is 1. The summed E-state index contributed by atoms with van der Waals surface area (Å²) >= 11 is 1.58. The van der Waals surface area contributed by atoms with Gasteiger partial charge < -0.3 is 15.7 Å². The minimum atomic E-state index is -0.785. The maximum atomic E-state index is 11.8. The Hall–Kier alpha value is -1.35. The number of urea groups is 1. The zero-order chi connectivity index (χ0) is 14.5. The van der Waals surface area contributed by atoms with Crippen molar-refractivity contribution < 1.29 is 14.7 Å². The van der Waals surface area contributed by atoms with Gasteiger partial charge in [-0.1, -0.05) is 5.92 Å². The van der Waals surface area contributed by atoms with E-state index in [4.69, 9.17) is 6.42 Å². The van der Waals surface area contributed by atoms with Gasteiger partial charge in [0.1, 0.15) is 0 Å². The Kier molecular flexibility index (Phi) is 5.18. The molecule has 2 amide bonds. The van der Waals surface area contributed by atoms with Gasteiger partial charge in [0.15, 0.2) is 0 Å². The van der Waals surface area contributed by atoms with E-state index in [9.17, 15) is 14.7 Å². The lowest BCUT2D eigenvalue weighted by atomic mass is 9.84. The van der Waals surface area contributed by atoms with Gasteiger partial charge in [-0.05, 0) is 31.1 Å². The highest BCUT2D eigenvalue weighted by atomic mass is 32.2. The Morgan fingerprint density at radius 1 is 1.35 bits per heavy atom. The molecule has 110 valence electrons. The van der Waals surface area contributed by atoms with Crippen LogP contribution in [-0.2, 0) is 4.79 Å². The average Bonchev–Trinajstić information content (AvgIpc) is 2.99. The Labute approximate surface area is 123 Å². The lowest BCUT2D eigenvalue weighted by Crippen LogP contribution is -2.50. The van der Waals surface area contributed by atoms with Crippen molar-refractivity contribution in [2.24, 2.45) is 17.8 Å². The predicted molar refractivity (Wildman–Crippen MR) is 78.4 cm³/mol. The first-order valence-corrected chi connectivity index (χ1v) is 8.07. The monoisotopic (exact) mass is 296 g/mol. The SMILES string of the molecule is C#CCSCCNC(=O)NC1C2CCC(C2)C1C(=O)O. The molecule has 3 N–H and O–H groups in total. The fraction of sp³-hybridized carbons (Fsp3) is 0.714. The molecule has 0 aromatic rings. The van der Waals surface area contributed by atoms with Gasteiger partial charge in [0.05, 0.1) is 11.7 Å². The molecule has 2 fully saturated rings. The fourth-order valence-corrected chi connectivity index (χ4v) is 3.93. The highest BCUT2D eigenvalue weighted by Gasteiger charge is 2.51. The number of amides is 2. The van der Waals surface area contributed by atoms with Gasteiger partial charge in [-0.15, -0.1) is 18.2 Å². The van der Waals surface area contributed by atoms with Crippen LogP contribution in [0.25, 0.3) is 0 Å². The Bertz CT molecular complexity index is 421. The molecular formula is C14H20N2O3S. The van der Waals surface area contributed by atoms with Gasteiger partial charge in [-0.2, -0.15) is 0 Å². The van der Waals surface area contributed by atoms with Crippen molar-refractivity contribution in [3.05, 3.63) is 0 Å². The summed E-state index contributed by atoms with van der Waals surface area (Å²) < 4.78 is 0. The van der Waals surface area contributed by atoms with E-state index in [1.165, 1.54) is 0 Å². The molecule has 0 saturated heterocycles. The van der Waals surface area contributed by atoms with Crippen molar-refractivity contribution in [3.63, 3.8) is 0 Å². The second kappa shape index (κ2) is 6.89. The molecule has 0 aromatic carbocycles. The van der Waals surface area contributed by atoms with Gasteiger partial charge in [-0.25, -0.2) is 4.79 Å². The van der Waals surface area contributed by atoms with Gasteiger partial charge in [0, 0.05) is 18.3 Å². The van der Waals surface area contributed by atoms with Gasteiger partial charge in [0.25, 0.3) is 0 Å². The van der Waals surface area contributed by atoms with E-state index in [1.54, 1.807) is 11.8 Å². The first-order valence-electron chi connectivity index (χ1n) is 6.92. The molecule has 2 rings (SSSR count). The third kappa shape index (κ3) is 3.40. The minimum absolute atomic E-state index is 0.218. The summed E-state index contributed by atoms with van der Waals surface area (Å²) in [6.45, 7) is 0.538. The lowest BCUT2D eigenvalue weighted by molar-refractivity contribution is -0.144. The zero-order valence-electron chi connectivity index (χ0n) is 11.3. The molecule has 4 unspecified atom stereocenters. The van der Waals surface area contributed by atoms with Crippen molar-refractivity contribution >= 4 is 23.8 Å². The molecule has 20 heavy (non-hydrogen) atoms. The highest BCUT2D eigenvalue weighted by Crippen LogP contribution is 2.48. The zero-order valence-corrected chi connectivity index (χ0v) is 12.1. The van der Waals surface area contributed by atoms with Crippen molar-refractivity contribution in [3.8, 4) is 12.3 Å². The van der Waals surface area contributed by atoms with E-state index in [0.29, 0.717) is 18.2 Å². The number of rotatable bonds is 6. The van der Waals surface area contributed by atoms with Crippen molar-refractivity contribution in [1.29, 1.82) is 0 Å². The first kappa shape index (κ1) is 15.0. The topological polar surface area (TPSA) is 78.4 Å². The number of nitrogens with one attached hydrogen (secondary N) is 2. The van der Waals surface area contributed by atoms with Crippen molar-refractivity contribution in [2.45, 2.75) is 25.3 Å². The molecule has 2 saturated carbocycles. The van der Waals surface area contributed by atoms with E-state index in [-0.39, 0.29) is 18.0 Å². The molecule has 2 bridgehead atoms. The van der Waals surface area contributed by atoms with Crippen LogP contribution < -0.4 is 10.6 Å². The van der Waals surface area contributed by atoms with Crippen molar-refractivity contribution in [2.75, 3.05) is 18.1 Å². The molecule has 2 aliphatic carbocycles. The summed E-state index contributed by atoms with van der Waals surface area (Å²) in [5.41, 5.74) is 0. The van der Waals surface area contributed by atoms with Gasteiger partial charge >= 0.3 is 12.0 Å². The molecule has 0 heterocycles. The van der Waals surface area contributed by atoms with Gasteiger partial charge in [0.2, 0.25) is 0 Å². The standard InChI is InChI=1S/C14H20N2O3S/c1-2-6-20-7-5-15-14(19)16-12-10-4-3-9(8-10)11(12)13(17)18/h1,9-12H,3-8H2,(H,17,18)(H2,15,16,19). The van der Waals surface area contributed by atoms with E-state index >= 15 is 0 Å². The van der Waals surface area contributed by atoms with E-state index < -0.39 is 11.9 Å². The van der Waals surface area contributed by atoms with Crippen LogP contribution in [0.3, 0.4) is 0 Å². The van der Waals surface area contributed by atoms with Crippen LogP contribution in [0.5, 0.6) is 0 Å². The lowest BCUT2D eigenvalue weighted by Gasteiger charge is -2.28. The van der Waals surface area contributed by atoms with E-state index in [0.717, 1.165) is 25.0 Å². The number of aliphatic carboxylic acids is 1. The maximum absolute atomic E-state index is 11.8. The summed E-state index contributed by atoms with van der Waals surface area (Å²) in [6.07, 6.45) is 8.06. The number of carboxylic acid groups (broad SMARTS) is 1. The van der Waals surface area contributed by atoms with Crippen LogP contribution in [0.1, 0.15) is 19.3 Å². The summed E-state index contributed by atoms with van der Waals surface area (Å²) in [5, 5.41) is 14.9. The van der Waals surface area contributed by atoms with Gasteiger partial charge in [-0.3, -0.25) is 4.79 Å². The largest absolute Gasteiger partial charge is 0.481 e. The smallest absolute Gasteiger partial charge is 0.315 e. The number of hydrogen-bond donors (Lipinski definition) is 3. The second-order valence-corrected chi connectivity index (χ2v) is 6.49. The number of hydrogen-bond acceptors (Lipinski definition) is 3. The Morgan fingerprint density at radius 2 is 2.10 bits per heavy atom. The average molecular weight is 296 g/mol. The molecule has 0 aromatic heterocycles. The minimum Gasteiger partial charge on any atom is -0.481 e. The van der Waals surface area contributed by atoms with Crippen LogP contribution in [0.2, 0.25) is 0 Å². The van der Waals surface area contributed by atoms with Crippen molar-refractivity contribution in [1.82, 2.24) is 10.6 Å². The first-order chi connectivity index (χ1) is 9.63. The molecule has 4 atom stereocenters. The maximum Gasteiger partial charge on any atom is 0.315 e. The van der Waals surface area contributed by atoms with Crippen LogP contribution >= 0.6 is 11.8 Å². The second-order valence-electron chi connectivity index (χ2n) is 5.38. The molecule has 0 radical (unpaired) electrons. The van der Waals surface area contributed by atoms with Crippen LogP contribution in [0.4, 0.5) is 4.79 Å². The normalized spacial score (nSPS) is 30.8. The quantitative estimate of drug-likeness (QED) is 0.507. The number of carbonyl (C=O) groups is 2. The highest BCUT2D eigenvalue weighted by molar-refractivity contribution is 7.99.